The minimum absolute atomic E-state index is 0.431. The van der Waals surface area contributed by atoms with Crippen LogP contribution in [-0.4, -0.2) is 18.2 Å². The average Bonchev–Trinajstić information content (AvgIpc) is 2.54. The van der Waals surface area contributed by atoms with Crippen molar-refractivity contribution in [3.8, 4) is 11.1 Å². The van der Waals surface area contributed by atoms with Gasteiger partial charge in [0.25, 0.3) is 0 Å². The molecule has 5 heteroatoms. The third kappa shape index (κ3) is 4.33. The van der Waals surface area contributed by atoms with Crippen molar-refractivity contribution in [2.75, 3.05) is 11.9 Å². The van der Waals surface area contributed by atoms with E-state index in [0.29, 0.717) is 0 Å². The molecule has 1 heterocycles. The molecule has 132 valence electrons. The predicted octanol–water partition coefficient (Wildman–Crippen LogP) is 5.00. The Bertz CT molecular complexity index is 780. The zero-order valence-corrected chi connectivity index (χ0v) is 15.5. The number of nitrogens with one attached hydrogen (secondary N) is 2. The van der Waals surface area contributed by atoms with Crippen LogP contribution in [-0.2, 0) is 17.7 Å². The van der Waals surface area contributed by atoms with Crippen molar-refractivity contribution in [3.63, 3.8) is 0 Å². The summed E-state index contributed by atoms with van der Waals surface area (Å²) in [5, 5.41) is 6.99. The second-order valence-corrected chi connectivity index (χ2v) is 7.61. The van der Waals surface area contributed by atoms with Crippen LogP contribution in [0.5, 0.6) is 0 Å². The van der Waals surface area contributed by atoms with Gasteiger partial charge >= 0.3 is 6.09 Å². The smallest absolute Gasteiger partial charge is 0.412 e. The monoisotopic (exact) mass is 358 g/mol. The summed E-state index contributed by atoms with van der Waals surface area (Å²) in [4.78, 5) is 12.1. The van der Waals surface area contributed by atoms with Gasteiger partial charge in [-0.2, -0.15) is 0 Å². The summed E-state index contributed by atoms with van der Waals surface area (Å²) in [6.07, 6.45) is 0.483. The van der Waals surface area contributed by atoms with E-state index in [0.717, 1.165) is 41.3 Å². The lowest BCUT2D eigenvalue weighted by Gasteiger charge is -2.25. The molecule has 0 fully saturated rings. The molecule has 25 heavy (non-hydrogen) atoms. The standard InChI is InChI=1S/C20H23ClN2O2/c1-20(2,3)25-19(24)23-18-9-8-15(13-4-6-14(21)7-5-13)16-10-11-22-12-17(16)18/h4-9,22H,10-12H2,1-3H3,(H,23,24). The molecule has 2 N–H and O–H groups in total. The van der Waals surface area contributed by atoms with E-state index < -0.39 is 11.7 Å². The predicted molar refractivity (Wildman–Crippen MR) is 102 cm³/mol. The van der Waals surface area contributed by atoms with Crippen molar-refractivity contribution in [1.29, 1.82) is 0 Å². The van der Waals surface area contributed by atoms with Crippen LogP contribution in [0, 0.1) is 0 Å². The minimum Gasteiger partial charge on any atom is -0.444 e. The Morgan fingerprint density at radius 2 is 1.84 bits per heavy atom. The minimum atomic E-state index is -0.522. The summed E-state index contributed by atoms with van der Waals surface area (Å²) in [5.41, 5.74) is 4.97. The summed E-state index contributed by atoms with van der Waals surface area (Å²) >= 11 is 6.01. The Kier molecular flexibility index (Phi) is 5.02. The molecule has 0 radical (unpaired) electrons. The number of anilines is 1. The van der Waals surface area contributed by atoms with Crippen LogP contribution < -0.4 is 10.6 Å². The lowest BCUT2D eigenvalue weighted by Crippen LogP contribution is -2.29. The van der Waals surface area contributed by atoms with E-state index in [1.165, 1.54) is 11.1 Å². The van der Waals surface area contributed by atoms with E-state index in [2.05, 4.69) is 16.7 Å². The number of carbonyl (C=O) groups is 1. The van der Waals surface area contributed by atoms with Crippen molar-refractivity contribution >= 4 is 23.4 Å². The number of benzene rings is 2. The molecule has 3 rings (SSSR count). The topological polar surface area (TPSA) is 50.4 Å². The van der Waals surface area contributed by atoms with Crippen molar-refractivity contribution in [3.05, 3.63) is 52.5 Å². The normalized spacial score (nSPS) is 13.9. The molecule has 0 saturated heterocycles. The fourth-order valence-electron chi connectivity index (χ4n) is 3.04. The molecule has 0 unspecified atom stereocenters. The lowest BCUT2D eigenvalue weighted by molar-refractivity contribution is 0.0635. The van der Waals surface area contributed by atoms with Crippen LogP contribution >= 0.6 is 11.6 Å². The fraction of sp³-hybridized carbons (Fsp3) is 0.350. The molecular weight excluding hydrogens is 336 g/mol. The quantitative estimate of drug-likeness (QED) is 0.794. The molecule has 0 aliphatic carbocycles. The number of hydrogen-bond acceptors (Lipinski definition) is 3. The number of rotatable bonds is 2. The summed E-state index contributed by atoms with van der Waals surface area (Å²) in [5.74, 6) is 0. The average molecular weight is 359 g/mol. The Labute approximate surface area is 153 Å². The number of fused-ring (bicyclic) bond motifs is 1. The van der Waals surface area contributed by atoms with Crippen molar-refractivity contribution in [2.24, 2.45) is 0 Å². The summed E-state index contributed by atoms with van der Waals surface area (Å²) in [6.45, 7) is 7.21. The first-order valence-electron chi connectivity index (χ1n) is 8.45. The van der Waals surface area contributed by atoms with Crippen LogP contribution in [0.15, 0.2) is 36.4 Å². The molecule has 1 amide bonds. The van der Waals surface area contributed by atoms with Gasteiger partial charge in [-0.25, -0.2) is 4.79 Å². The SMILES string of the molecule is CC(C)(C)OC(=O)Nc1ccc(-c2ccc(Cl)cc2)c2c1CNCC2. The molecule has 0 spiro atoms. The van der Waals surface area contributed by atoms with Crippen LogP contribution in [0.1, 0.15) is 31.9 Å². The molecule has 2 aromatic carbocycles. The Balaban J connectivity index is 1.94. The summed E-state index contributed by atoms with van der Waals surface area (Å²) < 4.78 is 5.38. The molecule has 0 saturated carbocycles. The molecule has 1 aliphatic heterocycles. The van der Waals surface area contributed by atoms with Crippen molar-refractivity contribution < 1.29 is 9.53 Å². The molecule has 0 atom stereocenters. The van der Waals surface area contributed by atoms with Gasteiger partial charge in [-0.1, -0.05) is 29.8 Å². The largest absolute Gasteiger partial charge is 0.444 e. The first kappa shape index (κ1) is 17.8. The number of ether oxygens (including phenoxy) is 1. The van der Waals surface area contributed by atoms with Gasteiger partial charge in [-0.3, -0.25) is 5.32 Å². The van der Waals surface area contributed by atoms with Gasteiger partial charge in [0, 0.05) is 17.3 Å². The maximum atomic E-state index is 12.1. The van der Waals surface area contributed by atoms with E-state index in [9.17, 15) is 4.79 Å². The third-order valence-electron chi connectivity index (χ3n) is 4.08. The molecular formula is C20H23ClN2O2. The van der Waals surface area contributed by atoms with Crippen LogP contribution in [0.3, 0.4) is 0 Å². The Hall–Kier alpha value is -2.04. The molecule has 2 aromatic rings. The van der Waals surface area contributed by atoms with E-state index in [1.54, 1.807) is 0 Å². The van der Waals surface area contributed by atoms with Gasteiger partial charge in [0.1, 0.15) is 5.60 Å². The summed E-state index contributed by atoms with van der Waals surface area (Å²) in [6, 6.07) is 11.9. The van der Waals surface area contributed by atoms with Gasteiger partial charge in [0.2, 0.25) is 0 Å². The van der Waals surface area contributed by atoms with E-state index in [4.69, 9.17) is 16.3 Å². The number of amides is 1. The maximum Gasteiger partial charge on any atom is 0.412 e. The number of carbonyl (C=O) groups excluding carboxylic acids is 1. The van der Waals surface area contributed by atoms with Crippen molar-refractivity contribution in [2.45, 2.75) is 39.3 Å². The highest BCUT2D eigenvalue weighted by molar-refractivity contribution is 6.30. The number of halogens is 1. The molecule has 0 aromatic heterocycles. The van der Waals surface area contributed by atoms with Gasteiger partial charge in [0.15, 0.2) is 0 Å². The van der Waals surface area contributed by atoms with Crippen molar-refractivity contribution in [1.82, 2.24) is 5.32 Å². The second-order valence-electron chi connectivity index (χ2n) is 7.18. The Morgan fingerprint density at radius 3 is 2.52 bits per heavy atom. The zero-order chi connectivity index (χ0) is 18.0. The van der Waals surface area contributed by atoms with Gasteiger partial charge < -0.3 is 10.1 Å². The lowest BCUT2D eigenvalue weighted by atomic mass is 9.90. The highest BCUT2D eigenvalue weighted by atomic mass is 35.5. The van der Waals surface area contributed by atoms with Gasteiger partial charge in [-0.15, -0.1) is 0 Å². The van der Waals surface area contributed by atoms with Gasteiger partial charge in [-0.05, 0) is 74.2 Å². The highest BCUT2D eigenvalue weighted by Gasteiger charge is 2.21. The van der Waals surface area contributed by atoms with Crippen LogP contribution in [0.4, 0.5) is 10.5 Å². The first-order valence-corrected chi connectivity index (χ1v) is 8.83. The summed E-state index contributed by atoms with van der Waals surface area (Å²) in [7, 11) is 0. The number of hydrogen-bond donors (Lipinski definition) is 2. The fourth-order valence-corrected chi connectivity index (χ4v) is 3.16. The maximum absolute atomic E-state index is 12.1. The molecule has 4 nitrogen and oxygen atoms in total. The highest BCUT2D eigenvalue weighted by Crippen LogP contribution is 2.33. The van der Waals surface area contributed by atoms with E-state index in [1.807, 2.05) is 51.1 Å². The molecule has 1 aliphatic rings. The first-order chi connectivity index (χ1) is 11.8. The van der Waals surface area contributed by atoms with E-state index >= 15 is 0 Å². The van der Waals surface area contributed by atoms with Gasteiger partial charge in [0.05, 0.1) is 0 Å². The third-order valence-corrected chi connectivity index (χ3v) is 4.33. The van der Waals surface area contributed by atoms with Crippen LogP contribution in [0.25, 0.3) is 11.1 Å². The van der Waals surface area contributed by atoms with Crippen LogP contribution in [0.2, 0.25) is 5.02 Å². The zero-order valence-electron chi connectivity index (χ0n) is 14.8. The molecule has 0 bridgehead atoms. The Morgan fingerprint density at radius 1 is 1.12 bits per heavy atom. The second kappa shape index (κ2) is 7.06. The van der Waals surface area contributed by atoms with E-state index in [-0.39, 0.29) is 0 Å².